The van der Waals surface area contributed by atoms with Gasteiger partial charge >= 0.3 is 5.69 Å². The standard InChI is InChI=1S/C19H15ClN4O2/c1-26-15-5-2-4-14(10-15)24-16-6-3-9-23(18(16)22-19(24)25)12-13-7-8-17(20)21-11-13/h2-11H,12H2,1H3. The molecule has 0 bridgehead atoms. The SMILES string of the molecule is COc1cccc(-n2c3cccn(Cc4ccc(Cl)nc4)c-3nc2=O)c1. The highest BCUT2D eigenvalue weighted by atomic mass is 35.5. The van der Waals surface area contributed by atoms with E-state index in [9.17, 15) is 4.79 Å². The van der Waals surface area contributed by atoms with Crippen molar-refractivity contribution in [3.8, 4) is 23.0 Å². The van der Waals surface area contributed by atoms with Crippen LogP contribution in [-0.2, 0) is 6.54 Å². The zero-order valence-electron chi connectivity index (χ0n) is 14.0. The van der Waals surface area contributed by atoms with Gasteiger partial charge in [-0.05, 0) is 35.9 Å². The van der Waals surface area contributed by atoms with Crippen LogP contribution in [0.25, 0.3) is 17.2 Å². The average molecular weight is 367 g/mol. The summed E-state index contributed by atoms with van der Waals surface area (Å²) >= 11 is 5.84. The Hall–Kier alpha value is -3.12. The minimum Gasteiger partial charge on any atom is -0.497 e. The maximum absolute atomic E-state index is 12.6. The monoisotopic (exact) mass is 366 g/mol. The van der Waals surface area contributed by atoms with Gasteiger partial charge in [0.15, 0.2) is 5.82 Å². The Morgan fingerprint density at radius 2 is 2.04 bits per heavy atom. The molecule has 130 valence electrons. The highest BCUT2D eigenvalue weighted by Gasteiger charge is 2.19. The zero-order valence-corrected chi connectivity index (χ0v) is 14.7. The highest BCUT2D eigenvalue weighted by Crippen LogP contribution is 2.24. The molecule has 0 unspecified atom stereocenters. The fraction of sp³-hybridized carbons (Fsp3) is 0.105. The number of rotatable bonds is 4. The van der Waals surface area contributed by atoms with Crippen molar-refractivity contribution >= 4 is 11.6 Å². The third-order valence-corrected chi connectivity index (χ3v) is 4.33. The molecular formula is C19H15ClN4O2. The van der Waals surface area contributed by atoms with E-state index in [2.05, 4.69) is 9.97 Å². The second-order valence-corrected chi connectivity index (χ2v) is 6.15. The van der Waals surface area contributed by atoms with Crippen LogP contribution in [0.2, 0.25) is 5.15 Å². The first kappa shape index (κ1) is 16.4. The van der Waals surface area contributed by atoms with Crippen molar-refractivity contribution in [1.82, 2.24) is 19.1 Å². The molecule has 0 radical (unpaired) electrons. The highest BCUT2D eigenvalue weighted by molar-refractivity contribution is 6.29. The van der Waals surface area contributed by atoms with E-state index >= 15 is 0 Å². The van der Waals surface area contributed by atoms with E-state index in [4.69, 9.17) is 16.3 Å². The topological polar surface area (TPSA) is 61.9 Å². The summed E-state index contributed by atoms with van der Waals surface area (Å²) in [6, 6.07) is 14.7. The molecule has 2 aliphatic heterocycles. The molecule has 4 rings (SSSR count). The summed E-state index contributed by atoms with van der Waals surface area (Å²) in [6.07, 6.45) is 3.60. The number of aromatic nitrogens is 4. The lowest BCUT2D eigenvalue weighted by Gasteiger charge is -2.13. The number of benzene rings is 1. The average Bonchev–Trinajstić information content (AvgIpc) is 3.00. The van der Waals surface area contributed by atoms with Gasteiger partial charge in [-0.3, -0.25) is 4.57 Å². The molecular weight excluding hydrogens is 352 g/mol. The number of halogens is 1. The molecule has 6 nitrogen and oxygen atoms in total. The van der Waals surface area contributed by atoms with Gasteiger partial charge < -0.3 is 9.30 Å². The normalized spacial score (nSPS) is 11.0. The number of fused-ring (bicyclic) bond motifs is 1. The molecule has 26 heavy (non-hydrogen) atoms. The summed E-state index contributed by atoms with van der Waals surface area (Å²) in [5.74, 6) is 1.29. The second kappa shape index (κ2) is 6.65. The van der Waals surface area contributed by atoms with Crippen LogP contribution in [0.3, 0.4) is 0 Å². The Kier molecular flexibility index (Phi) is 4.18. The first-order valence-corrected chi connectivity index (χ1v) is 8.36. The van der Waals surface area contributed by atoms with Crippen LogP contribution in [0, 0.1) is 0 Å². The predicted octanol–water partition coefficient (Wildman–Crippen LogP) is 3.24. The molecule has 0 amide bonds. The Balaban J connectivity index is 1.78. The third-order valence-electron chi connectivity index (χ3n) is 4.11. The van der Waals surface area contributed by atoms with Crippen LogP contribution < -0.4 is 10.4 Å². The zero-order chi connectivity index (χ0) is 18.1. The minimum atomic E-state index is -0.331. The predicted molar refractivity (Wildman–Crippen MR) is 99.3 cm³/mol. The quantitative estimate of drug-likeness (QED) is 0.520. The molecule has 1 aromatic carbocycles. The van der Waals surface area contributed by atoms with Gasteiger partial charge in [-0.25, -0.2) is 9.78 Å². The lowest BCUT2D eigenvalue weighted by molar-refractivity contribution is 0.414. The summed E-state index contributed by atoms with van der Waals surface area (Å²) in [6.45, 7) is 0.538. The van der Waals surface area contributed by atoms with Crippen molar-refractivity contribution in [2.24, 2.45) is 0 Å². The van der Waals surface area contributed by atoms with Crippen LogP contribution >= 0.6 is 11.6 Å². The molecule has 2 aromatic rings. The molecule has 0 saturated carbocycles. The summed E-state index contributed by atoms with van der Waals surface area (Å²) in [5, 5.41) is 0.445. The molecule has 0 atom stereocenters. The van der Waals surface area contributed by atoms with Crippen LogP contribution in [0.15, 0.2) is 65.7 Å². The maximum Gasteiger partial charge on any atom is 0.354 e. The van der Waals surface area contributed by atoms with Gasteiger partial charge in [0.1, 0.15) is 10.9 Å². The van der Waals surface area contributed by atoms with Crippen LogP contribution in [-0.4, -0.2) is 26.2 Å². The number of ether oxygens (including phenoxy) is 1. The summed E-state index contributed by atoms with van der Waals surface area (Å²) in [4.78, 5) is 20.9. The molecule has 3 heterocycles. The van der Waals surface area contributed by atoms with Crippen molar-refractivity contribution in [2.45, 2.75) is 6.54 Å². The Labute approximate surface area is 154 Å². The molecule has 0 N–H and O–H groups in total. The molecule has 1 aromatic heterocycles. The molecule has 0 fully saturated rings. The van der Waals surface area contributed by atoms with E-state index in [1.807, 2.05) is 53.2 Å². The summed E-state index contributed by atoms with van der Waals surface area (Å²) in [7, 11) is 1.59. The number of pyridine rings is 2. The van der Waals surface area contributed by atoms with Gasteiger partial charge in [-0.2, -0.15) is 4.98 Å². The minimum absolute atomic E-state index is 0.331. The first-order valence-electron chi connectivity index (χ1n) is 7.98. The third kappa shape index (κ3) is 2.95. The van der Waals surface area contributed by atoms with Gasteiger partial charge in [-0.15, -0.1) is 0 Å². The molecule has 7 heteroatoms. The van der Waals surface area contributed by atoms with Crippen molar-refractivity contribution in [3.05, 3.63) is 82.1 Å². The van der Waals surface area contributed by atoms with Crippen molar-refractivity contribution in [2.75, 3.05) is 7.11 Å². The largest absolute Gasteiger partial charge is 0.497 e. The van der Waals surface area contributed by atoms with Crippen LogP contribution in [0.4, 0.5) is 0 Å². The second-order valence-electron chi connectivity index (χ2n) is 5.77. The van der Waals surface area contributed by atoms with Crippen LogP contribution in [0.1, 0.15) is 5.56 Å². The Morgan fingerprint density at radius 3 is 2.81 bits per heavy atom. The van der Waals surface area contributed by atoms with E-state index < -0.39 is 0 Å². The van der Waals surface area contributed by atoms with Crippen LogP contribution in [0.5, 0.6) is 5.75 Å². The van der Waals surface area contributed by atoms with Gasteiger partial charge in [0.2, 0.25) is 0 Å². The van der Waals surface area contributed by atoms with Gasteiger partial charge in [0.25, 0.3) is 0 Å². The number of nitrogens with zero attached hydrogens (tertiary/aromatic N) is 4. The number of hydrogen-bond donors (Lipinski definition) is 0. The van der Waals surface area contributed by atoms with E-state index in [-0.39, 0.29) is 5.69 Å². The molecule has 0 saturated heterocycles. The van der Waals surface area contributed by atoms with Gasteiger partial charge in [0, 0.05) is 18.5 Å². The number of methoxy groups -OCH3 is 1. The smallest absolute Gasteiger partial charge is 0.354 e. The van der Waals surface area contributed by atoms with E-state index in [0.29, 0.717) is 29.0 Å². The maximum atomic E-state index is 12.6. The lowest BCUT2D eigenvalue weighted by atomic mass is 10.2. The summed E-state index contributed by atoms with van der Waals surface area (Å²) in [5.41, 5.74) is 2.08. The molecule has 0 aliphatic carbocycles. The van der Waals surface area contributed by atoms with E-state index in [1.165, 1.54) is 0 Å². The van der Waals surface area contributed by atoms with Crippen molar-refractivity contribution in [1.29, 1.82) is 0 Å². The number of imidazole rings is 1. The van der Waals surface area contributed by atoms with Crippen molar-refractivity contribution < 1.29 is 4.74 Å². The molecule has 2 aliphatic rings. The van der Waals surface area contributed by atoms with E-state index in [0.717, 1.165) is 11.3 Å². The van der Waals surface area contributed by atoms with E-state index in [1.54, 1.807) is 23.9 Å². The summed E-state index contributed by atoms with van der Waals surface area (Å²) < 4.78 is 8.75. The van der Waals surface area contributed by atoms with Gasteiger partial charge in [0.05, 0.1) is 25.0 Å². The fourth-order valence-electron chi connectivity index (χ4n) is 2.89. The van der Waals surface area contributed by atoms with Crippen molar-refractivity contribution in [3.63, 3.8) is 0 Å². The Morgan fingerprint density at radius 1 is 1.15 bits per heavy atom. The Bertz CT molecular complexity index is 1090. The molecule has 0 spiro atoms. The lowest BCUT2D eigenvalue weighted by Crippen LogP contribution is -2.14. The fourth-order valence-corrected chi connectivity index (χ4v) is 3.01. The first-order chi connectivity index (χ1) is 12.7. The van der Waals surface area contributed by atoms with Gasteiger partial charge in [-0.1, -0.05) is 23.7 Å². The number of hydrogen-bond acceptors (Lipinski definition) is 4.